The van der Waals surface area contributed by atoms with Crippen LogP contribution in [0.4, 0.5) is 0 Å². The SMILES string of the molecule is CCCC(NC1CC2CCC1O2)C1CC1. The third kappa shape index (κ3) is 2.07. The van der Waals surface area contributed by atoms with Crippen LogP contribution in [-0.2, 0) is 4.74 Å². The summed E-state index contributed by atoms with van der Waals surface area (Å²) >= 11 is 0. The van der Waals surface area contributed by atoms with Gasteiger partial charge in [-0.05, 0) is 44.4 Å². The number of ether oxygens (including phenoxy) is 1. The van der Waals surface area contributed by atoms with Crippen molar-refractivity contribution in [1.29, 1.82) is 0 Å². The van der Waals surface area contributed by atoms with E-state index < -0.39 is 0 Å². The van der Waals surface area contributed by atoms with Gasteiger partial charge < -0.3 is 10.1 Å². The molecule has 2 heterocycles. The van der Waals surface area contributed by atoms with Gasteiger partial charge in [0.2, 0.25) is 0 Å². The molecule has 2 heteroatoms. The summed E-state index contributed by atoms with van der Waals surface area (Å²) in [6.45, 7) is 2.30. The topological polar surface area (TPSA) is 21.3 Å². The van der Waals surface area contributed by atoms with Gasteiger partial charge in [0.1, 0.15) is 0 Å². The number of rotatable bonds is 5. The summed E-state index contributed by atoms with van der Waals surface area (Å²) in [7, 11) is 0. The van der Waals surface area contributed by atoms with E-state index in [4.69, 9.17) is 4.74 Å². The van der Waals surface area contributed by atoms with Crippen molar-refractivity contribution in [2.24, 2.45) is 5.92 Å². The van der Waals surface area contributed by atoms with E-state index in [1.807, 2.05) is 0 Å². The van der Waals surface area contributed by atoms with Gasteiger partial charge >= 0.3 is 0 Å². The zero-order valence-electron chi connectivity index (χ0n) is 9.74. The Balaban J connectivity index is 1.54. The molecule has 3 aliphatic rings. The Bertz CT molecular complexity index is 227. The van der Waals surface area contributed by atoms with Gasteiger partial charge in [-0.2, -0.15) is 0 Å². The highest BCUT2D eigenvalue weighted by Gasteiger charge is 2.42. The zero-order chi connectivity index (χ0) is 10.3. The van der Waals surface area contributed by atoms with Gasteiger partial charge in [0, 0.05) is 12.1 Å². The molecule has 0 spiro atoms. The summed E-state index contributed by atoms with van der Waals surface area (Å²) in [5.41, 5.74) is 0. The average Bonchev–Trinajstić information content (AvgIpc) is 2.89. The van der Waals surface area contributed by atoms with E-state index in [0.29, 0.717) is 18.2 Å². The smallest absolute Gasteiger partial charge is 0.0733 e. The minimum atomic E-state index is 0.549. The van der Waals surface area contributed by atoms with Crippen molar-refractivity contribution in [3.63, 3.8) is 0 Å². The average molecular weight is 209 g/mol. The second-order valence-electron chi connectivity index (χ2n) is 5.62. The summed E-state index contributed by atoms with van der Waals surface area (Å²) in [6.07, 6.45) is 10.6. The molecule has 86 valence electrons. The quantitative estimate of drug-likeness (QED) is 0.751. The van der Waals surface area contributed by atoms with E-state index >= 15 is 0 Å². The van der Waals surface area contributed by atoms with Gasteiger partial charge in [-0.15, -0.1) is 0 Å². The van der Waals surface area contributed by atoms with Crippen LogP contribution in [0.15, 0.2) is 0 Å². The van der Waals surface area contributed by atoms with E-state index in [1.54, 1.807) is 0 Å². The van der Waals surface area contributed by atoms with Crippen LogP contribution in [-0.4, -0.2) is 24.3 Å². The molecule has 2 aliphatic heterocycles. The molecule has 1 N–H and O–H groups in total. The molecule has 0 radical (unpaired) electrons. The molecule has 2 saturated heterocycles. The lowest BCUT2D eigenvalue weighted by molar-refractivity contribution is 0.0953. The minimum Gasteiger partial charge on any atom is -0.373 e. The highest BCUT2D eigenvalue weighted by molar-refractivity contribution is 4.97. The fraction of sp³-hybridized carbons (Fsp3) is 1.00. The lowest BCUT2D eigenvalue weighted by Crippen LogP contribution is -2.44. The Morgan fingerprint density at radius 3 is 2.67 bits per heavy atom. The first kappa shape index (κ1) is 10.1. The lowest BCUT2D eigenvalue weighted by atomic mass is 9.93. The molecule has 0 aromatic rings. The van der Waals surface area contributed by atoms with Gasteiger partial charge in [-0.1, -0.05) is 13.3 Å². The van der Waals surface area contributed by atoms with Gasteiger partial charge in [-0.25, -0.2) is 0 Å². The highest BCUT2D eigenvalue weighted by atomic mass is 16.5. The molecule has 1 aliphatic carbocycles. The van der Waals surface area contributed by atoms with Gasteiger partial charge in [0.05, 0.1) is 12.2 Å². The van der Waals surface area contributed by atoms with Crippen molar-refractivity contribution >= 4 is 0 Å². The first-order valence-corrected chi connectivity index (χ1v) is 6.78. The molecule has 2 bridgehead atoms. The molecule has 15 heavy (non-hydrogen) atoms. The summed E-state index contributed by atoms with van der Waals surface area (Å²) in [5, 5.41) is 3.89. The highest BCUT2D eigenvalue weighted by Crippen LogP contribution is 2.38. The van der Waals surface area contributed by atoms with E-state index in [-0.39, 0.29) is 0 Å². The maximum Gasteiger partial charge on any atom is 0.0733 e. The van der Waals surface area contributed by atoms with Crippen molar-refractivity contribution < 1.29 is 4.74 Å². The Labute approximate surface area is 92.8 Å². The number of fused-ring (bicyclic) bond motifs is 2. The number of hydrogen-bond acceptors (Lipinski definition) is 2. The molecule has 3 fully saturated rings. The summed E-state index contributed by atoms with van der Waals surface area (Å²) in [5.74, 6) is 0.990. The molecule has 0 aromatic carbocycles. The van der Waals surface area contributed by atoms with E-state index in [0.717, 1.165) is 12.0 Å². The first-order chi connectivity index (χ1) is 7.36. The number of hydrogen-bond donors (Lipinski definition) is 1. The predicted molar refractivity (Wildman–Crippen MR) is 60.9 cm³/mol. The molecule has 0 amide bonds. The lowest BCUT2D eigenvalue weighted by Gasteiger charge is -2.26. The fourth-order valence-electron chi connectivity index (χ4n) is 3.35. The van der Waals surface area contributed by atoms with Crippen molar-refractivity contribution in [3.8, 4) is 0 Å². The normalized spacial score (nSPS) is 41.0. The predicted octanol–water partition coefficient (Wildman–Crippen LogP) is 2.47. The third-order valence-corrected chi connectivity index (χ3v) is 4.32. The van der Waals surface area contributed by atoms with Crippen LogP contribution in [0.1, 0.15) is 51.9 Å². The molecule has 1 saturated carbocycles. The monoisotopic (exact) mass is 209 g/mol. The van der Waals surface area contributed by atoms with Crippen molar-refractivity contribution in [2.45, 2.75) is 76.2 Å². The standard InChI is InChI=1S/C13H23NO/c1-2-3-11(9-4-5-9)14-12-8-10-6-7-13(12)15-10/h9-14H,2-8H2,1H3. The van der Waals surface area contributed by atoms with Crippen LogP contribution in [0, 0.1) is 5.92 Å². The molecule has 4 atom stereocenters. The van der Waals surface area contributed by atoms with Crippen LogP contribution >= 0.6 is 0 Å². The maximum atomic E-state index is 5.90. The summed E-state index contributed by atoms with van der Waals surface area (Å²) < 4.78 is 5.90. The van der Waals surface area contributed by atoms with Crippen molar-refractivity contribution in [1.82, 2.24) is 5.32 Å². The van der Waals surface area contributed by atoms with E-state index in [1.165, 1.54) is 44.9 Å². The Morgan fingerprint density at radius 1 is 1.27 bits per heavy atom. The van der Waals surface area contributed by atoms with E-state index in [2.05, 4.69) is 12.2 Å². The Morgan fingerprint density at radius 2 is 2.13 bits per heavy atom. The largest absolute Gasteiger partial charge is 0.373 e. The minimum absolute atomic E-state index is 0.549. The second kappa shape index (κ2) is 4.06. The van der Waals surface area contributed by atoms with Crippen molar-refractivity contribution in [3.05, 3.63) is 0 Å². The van der Waals surface area contributed by atoms with Gasteiger partial charge in [0.25, 0.3) is 0 Å². The third-order valence-electron chi connectivity index (χ3n) is 4.32. The first-order valence-electron chi connectivity index (χ1n) is 6.78. The van der Waals surface area contributed by atoms with Crippen LogP contribution in [0.5, 0.6) is 0 Å². The zero-order valence-corrected chi connectivity index (χ0v) is 9.74. The van der Waals surface area contributed by atoms with Gasteiger partial charge in [-0.3, -0.25) is 0 Å². The summed E-state index contributed by atoms with van der Waals surface area (Å²) in [4.78, 5) is 0. The Kier molecular flexibility index (Phi) is 2.73. The van der Waals surface area contributed by atoms with Crippen LogP contribution in [0.2, 0.25) is 0 Å². The van der Waals surface area contributed by atoms with Crippen molar-refractivity contribution in [2.75, 3.05) is 0 Å². The van der Waals surface area contributed by atoms with Crippen LogP contribution in [0.25, 0.3) is 0 Å². The fourth-order valence-corrected chi connectivity index (χ4v) is 3.35. The van der Waals surface area contributed by atoms with E-state index in [9.17, 15) is 0 Å². The number of nitrogens with one attached hydrogen (secondary N) is 1. The van der Waals surface area contributed by atoms with Crippen LogP contribution < -0.4 is 5.32 Å². The molecule has 0 aromatic heterocycles. The second-order valence-corrected chi connectivity index (χ2v) is 5.62. The van der Waals surface area contributed by atoms with Gasteiger partial charge in [0.15, 0.2) is 0 Å². The molecular formula is C13H23NO. The molecular weight excluding hydrogens is 186 g/mol. The molecule has 4 unspecified atom stereocenters. The summed E-state index contributed by atoms with van der Waals surface area (Å²) in [6, 6.07) is 1.48. The molecule has 2 nitrogen and oxygen atoms in total. The van der Waals surface area contributed by atoms with Crippen LogP contribution in [0.3, 0.4) is 0 Å². The maximum absolute atomic E-state index is 5.90. The Hall–Kier alpha value is -0.0800. The molecule has 3 rings (SSSR count).